The lowest BCUT2D eigenvalue weighted by Crippen LogP contribution is -2.47. The van der Waals surface area contributed by atoms with E-state index in [4.69, 9.17) is 5.73 Å². The van der Waals surface area contributed by atoms with Gasteiger partial charge in [-0.15, -0.1) is 12.4 Å². The highest BCUT2D eigenvalue weighted by Crippen LogP contribution is 2.23. The van der Waals surface area contributed by atoms with Crippen LogP contribution in [-0.2, 0) is 19.6 Å². The molecule has 0 aliphatic heterocycles. The van der Waals surface area contributed by atoms with E-state index < -0.39 is 33.9 Å². The minimum atomic E-state index is -3.43. The van der Waals surface area contributed by atoms with Crippen LogP contribution in [0.25, 0.3) is 0 Å². The number of amides is 2. The van der Waals surface area contributed by atoms with Crippen LogP contribution in [0.5, 0.6) is 0 Å². The molecular weight excluding hydrogens is 380 g/mol. The van der Waals surface area contributed by atoms with Gasteiger partial charge in [0, 0.05) is 0 Å². The number of carbonyl (C=O) groups is 2. The molecular formula is C16H27ClN4O4S. The van der Waals surface area contributed by atoms with E-state index in [-0.39, 0.29) is 24.9 Å². The number of halogens is 1. The highest BCUT2D eigenvalue weighted by molar-refractivity contribution is 7.92. The van der Waals surface area contributed by atoms with Crippen LogP contribution >= 0.6 is 12.4 Å². The second-order valence-electron chi connectivity index (χ2n) is 6.24. The van der Waals surface area contributed by atoms with Gasteiger partial charge in [0.1, 0.15) is 0 Å². The van der Waals surface area contributed by atoms with Gasteiger partial charge < -0.3 is 16.4 Å². The van der Waals surface area contributed by atoms with Crippen molar-refractivity contribution < 1.29 is 18.0 Å². The van der Waals surface area contributed by atoms with Crippen molar-refractivity contribution in [1.29, 1.82) is 0 Å². The van der Waals surface area contributed by atoms with Crippen molar-refractivity contribution >= 4 is 39.9 Å². The first-order valence-corrected chi connectivity index (χ1v) is 9.79. The molecule has 0 fully saturated rings. The van der Waals surface area contributed by atoms with Crippen LogP contribution in [0.15, 0.2) is 24.3 Å². The number of benzene rings is 1. The average molecular weight is 407 g/mol. The Morgan fingerprint density at radius 3 is 2.27 bits per heavy atom. The lowest BCUT2D eigenvalue weighted by atomic mass is 10.1. The third-order valence-electron chi connectivity index (χ3n) is 3.54. The molecule has 0 spiro atoms. The number of nitrogens with two attached hydrogens (primary N) is 1. The number of anilines is 1. The predicted octanol–water partition coefficient (Wildman–Crippen LogP) is 0.757. The third kappa shape index (κ3) is 8.03. The van der Waals surface area contributed by atoms with Gasteiger partial charge in [-0.2, -0.15) is 0 Å². The molecule has 0 saturated heterocycles. The summed E-state index contributed by atoms with van der Waals surface area (Å²) in [5.74, 6) is -0.821. The summed E-state index contributed by atoms with van der Waals surface area (Å²) in [5.41, 5.74) is 6.72. The molecule has 0 radical (unpaired) electrons. The maximum absolute atomic E-state index is 12.0. The number of carbonyl (C=O) groups excluding carboxylic acids is 2. The molecule has 2 atom stereocenters. The van der Waals surface area contributed by atoms with Crippen molar-refractivity contribution in [3.8, 4) is 0 Å². The summed E-state index contributed by atoms with van der Waals surface area (Å²) in [6.07, 6.45) is 1.06. The fraction of sp³-hybridized carbons (Fsp3) is 0.500. The Labute approximate surface area is 160 Å². The van der Waals surface area contributed by atoms with E-state index in [1.807, 2.05) is 13.8 Å². The fourth-order valence-corrected chi connectivity index (χ4v) is 2.71. The molecule has 1 aromatic carbocycles. The van der Waals surface area contributed by atoms with E-state index in [1.54, 1.807) is 31.2 Å². The van der Waals surface area contributed by atoms with Crippen LogP contribution in [0.1, 0.15) is 32.4 Å². The van der Waals surface area contributed by atoms with Crippen LogP contribution in [0.3, 0.4) is 0 Å². The summed E-state index contributed by atoms with van der Waals surface area (Å²) in [4.78, 5) is 23.8. The first kappa shape index (κ1) is 24.2. The lowest BCUT2D eigenvalue weighted by molar-refractivity contribution is -0.127. The number of rotatable bonds is 8. The Bertz CT molecular complexity index is 725. The van der Waals surface area contributed by atoms with Crippen molar-refractivity contribution in [3.63, 3.8) is 0 Å². The van der Waals surface area contributed by atoms with Crippen LogP contribution in [0.4, 0.5) is 5.69 Å². The van der Waals surface area contributed by atoms with Gasteiger partial charge in [0.2, 0.25) is 21.8 Å². The summed E-state index contributed by atoms with van der Waals surface area (Å²) >= 11 is 0. The number of nitrogens with one attached hydrogen (secondary N) is 3. The van der Waals surface area contributed by atoms with Crippen molar-refractivity contribution in [2.45, 2.75) is 32.9 Å². The predicted molar refractivity (Wildman–Crippen MR) is 105 cm³/mol. The maximum Gasteiger partial charge on any atom is 0.239 e. The number of para-hydroxylation sites is 1. The summed E-state index contributed by atoms with van der Waals surface area (Å²) < 4.78 is 25.3. The molecule has 8 nitrogen and oxygen atoms in total. The first-order valence-electron chi connectivity index (χ1n) is 7.90. The second-order valence-corrected chi connectivity index (χ2v) is 7.99. The molecule has 148 valence electrons. The van der Waals surface area contributed by atoms with Gasteiger partial charge >= 0.3 is 0 Å². The van der Waals surface area contributed by atoms with Crippen molar-refractivity contribution in [2.75, 3.05) is 17.5 Å². The molecule has 0 bridgehead atoms. The molecule has 0 aliphatic carbocycles. The minimum Gasteiger partial charge on any atom is -0.348 e. The zero-order valence-corrected chi connectivity index (χ0v) is 16.9. The van der Waals surface area contributed by atoms with Gasteiger partial charge in [0.15, 0.2) is 0 Å². The van der Waals surface area contributed by atoms with Crippen LogP contribution in [-0.4, -0.2) is 39.1 Å². The first-order chi connectivity index (χ1) is 11.5. The molecule has 1 aromatic rings. The topological polar surface area (TPSA) is 130 Å². The van der Waals surface area contributed by atoms with Gasteiger partial charge in [-0.05, 0) is 24.5 Å². The van der Waals surface area contributed by atoms with E-state index in [2.05, 4.69) is 15.4 Å². The second kappa shape index (κ2) is 10.3. The van der Waals surface area contributed by atoms with Gasteiger partial charge in [-0.3, -0.25) is 14.3 Å². The molecule has 2 amide bonds. The SMILES string of the molecule is CC(NC(=O)CNC(=O)[C@@H](N)C(C)C)c1ccccc1NS(C)(=O)=O.Cl. The Hall–Kier alpha value is -1.84. The van der Waals surface area contributed by atoms with Crippen LogP contribution in [0.2, 0.25) is 0 Å². The van der Waals surface area contributed by atoms with Crippen LogP contribution < -0.4 is 21.1 Å². The monoisotopic (exact) mass is 406 g/mol. The van der Waals surface area contributed by atoms with Crippen molar-refractivity contribution in [2.24, 2.45) is 11.7 Å². The lowest BCUT2D eigenvalue weighted by Gasteiger charge is -2.19. The number of hydrogen-bond acceptors (Lipinski definition) is 5. The molecule has 1 unspecified atom stereocenters. The van der Waals surface area contributed by atoms with Gasteiger partial charge in [0.25, 0.3) is 0 Å². The van der Waals surface area contributed by atoms with E-state index in [0.29, 0.717) is 11.3 Å². The fourth-order valence-electron chi connectivity index (χ4n) is 2.13. The molecule has 0 heterocycles. The molecule has 26 heavy (non-hydrogen) atoms. The van der Waals surface area contributed by atoms with Gasteiger partial charge in [0.05, 0.1) is 30.6 Å². The average Bonchev–Trinajstić information content (AvgIpc) is 2.50. The largest absolute Gasteiger partial charge is 0.348 e. The van der Waals surface area contributed by atoms with E-state index in [1.165, 1.54) is 0 Å². The maximum atomic E-state index is 12.0. The van der Waals surface area contributed by atoms with Crippen molar-refractivity contribution in [3.05, 3.63) is 29.8 Å². The zero-order chi connectivity index (χ0) is 19.2. The van der Waals surface area contributed by atoms with Gasteiger partial charge in [-0.1, -0.05) is 32.0 Å². The summed E-state index contributed by atoms with van der Waals surface area (Å²) in [7, 11) is -3.43. The molecule has 0 aromatic heterocycles. The van der Waals surface area contributed by atoms with E-state index in [0.717, 1.165) is 6.26 Å². The summed E-state index contributed by atoms with van der Waals surface area (Å²) in [5, 5.41) is 5.20. The summed E-state index contributed by atoms with van der Waals surface area (Å²) in [6.45, 7) is 5.16. The highest BCUT2D eigenvalue weighted by Gasteiger charge is 2.19. The Morgan fingerprint density at radius 1 is 1.15 bits per heavy atom. The summed E-state index contributed by atoms with van der Waals surface area (Å²) in [6, 6.07) is 5.64. The van der Waals surface area contributed by atoms with Gasteiger partial charge in [-0.25, -0.2) is 8.42 Å². The normalized spacial score (nSPS) is 13.3. The standard InChI is InChI=1S/C16H26N4O4S.ClH/c1-10(2)15(17)16(22)18-9-14(21)19-11(3)12-7-5-6-8-13(12)20-25(4,23)24;/h5-8,10-11,15,20H,9,17H2,1-4H3,(H,18,22)(H,19,21);1H/t11?,15-;/m0./s1. The quantitative estimate of drug-likeness (QED) is 0.506. The van der Waals surface area contributed by atoms with E-state index >= 15 is 0 Å². The molecule has 0 saturated carbocycles. The molecule has 0 aliphatic rings. The third-order valence-corrected chi connectivity index (χ3v) is 4.14. The highest BCUT2D eigenvalue weighted by atomic mass is 35.5. The van der Waals surface area contributed by atoms with Crippen LogP contribution in [0, 0.1) is 5.92 Å². The molecule has 10 heteroatoms. The zero-order valence-electron chi connectivity index (χ0n) is 15.3. The van der Waals surface area contributed by atoms with E-state index in [9.17, 15) is 18.0 Å². The Kier molecular flexibility index (Phi) is 9.61. The Balaban J connectivity index is 0.00000625. The molecule has 1 rings (SSSR count). The smallest absolute Gasteiger partial charge is 0.239 e. The minimum absolute atomic E-state index is 0. The molecule has 5 N–H and O–H groups in total. The number of sulfonamides is 1. The number of hydrogen-bond donors (Lipinski definition) is 4. The van der Waals surface area contributed by atoms with Crippen molar-refractivity contribution in [1.82, 2.24) is 10.6 Å². The Morgan fingerprint density at radius 2 is 1.73 bits per heavy atom.